The molecular formula is C20H14Br2O3S2. The maximum Gasteiger partial charge on any atom is 0.201 e. The van der Waals surface area contributed by atoms with E-state index in [-0.39, 0.29) is 9.80 Å². The molecule has 138 valence electrons. The van der Waals surface area contributed by atoms with E-state index in [4.69, 9.17) is 0 Å². The number of benzene rings is 3. The lowest BCUT2D eigenvalue weighted by atomic mass is 10.2. The Morgan fingerprint density at radius 1 is 0.815 bits per heavy atom. The molecule has 0 N–H and O–H groups in total. The van der Waals surface area contributed by atoms with Crippen molar-refractivity contribution in [2.24, 2.45) is 0 Å². The summed E-state index contributed by atoms with van der Waals surface area (Å²) in [5.41, 5.74) is 0.592. The number of sulfone groups is 1. The minimum absolute atomic E-state index is 0.136. The first-order chi connectivity index (χ1) is 12.9. The Bertz CT molecular complexity index is 1120. The van der Waals surface area contributed by atoms with Gasteiger partial charge in [-0.25, -0.2) is 12.6 Å². The quantitative estimate of drug-likeness (QED) is 0.423. The average Bonchev–Trinajstić information content (AvgIpc) is 2.66. The van der Waals surface area contributed by atoms with E-state index in [1.807, 2.05) is 12.1 Å². The molecule has 0 saturated heterocycles. The third-order valence-electron chi connectivity index (χ3n) is 3.66. The molecule has 0 saturated carbocycles. The van der Waals surface area contributed by atoms with E-state index in [9.17, 15) is 12.6 Å². The van der Waals surface area contributed by atoms with E-state index in [1.54, 1.807) is 54.6 Å². The molecule has 0 aliphatic heterocycles. The molecule has 1 unspecified atom stereocenters. The van der Waals surface area contributed by atoms with Gasteiger partial charge in [-0.1, -0.05) is 74.3 Å². The summed E-state index contributed by atoms with van der Waals surface area (Å²) in [5, 5.41) is 1.10. The van der Waals surface area contributed by atoms with Gasteiger partial charge in [0.1, 0.15) is 0 Å². The molecule has 3 nitrogen and oxygen atoms in total. The highest BCUT2D eigenvalue weighted by molar-refractivity contribution is 9.10. The van der Waals surface area contributed by atoms with E-state index in [0.29, 0.717) is 14.9 Å². The van der Waals surface area contributed by atoms with Crippen molar-refractivity contribution in [1.29, 1.82) is 0 Å². The Morgan fingerprint density at radius 2 is 1.44 bits per heavy atom. The highest BCUT2D eigenvalue weighted by Crippen LogP contribution is 2.29. The number of hydrogen-bond acceptors (Lipinski definition) is 3. The molecule has 0 aliphatic rings. The molecule has 0 heterocycles. The van der Waals surface area contributed by atoms with Crippen molar-refractivity contribution < 1.29 is 12.6 Å². The maximum absolute atomic E-state index is 13.2. The van der Waals surface area contributed by atoms with E-state index < -0.39 is 20.6 Å². The number of rotatable bonds is 5. The van der Waals surface area contributed by atoms with Gasteiger partial charge in [0.15, 0.2) is 0 Å². The fourth-order valence-electron chi connectivity index (χ4n) is 2.38. The van der Waals surface area contributed by atoms with Crippen molar-refractivity contribution in [2.45, 2.75) is 9.79 Å². The minimum atomic E-state index is -3.79. The van der Waals surface area contributed by atoms with Gasteiger partial charge in [0.2, 0.25) is 9.84 Å². The van der Waals surface area contributed by atoms with E-state index in [1.165, 1.54) is 12.1 Å². The van der Waals surface area contributed by atoms with Gasteiger partial charge in [0.25, 0.3) is 0 Å². The van der Waals surface area contributed by atoms with Crippen LogP contribution in [0.25, 0.3) is 4.91 Å². The summed E-state index contributed by atoms with van der Waals surface area (Å²) in [6, 6.07) is 22.4. The summed E-state index contributed by atoms with van der Waals surface area (Å²) in [4.78, 5) is 0.883. The van der Waals surface area contributed by atoms with Gasteiger partial charge in [-0.3, -0.25) is 0 Å². The lowest BCUT2D eigenvalue weighted by Gasteiger charge is -2.10. The second kappa shape index (κ2) is 8.65. The molecule has 0 aliphatic carbocycles. The summed E-state index contributed by atoms with van der Waals surface area (Å²) in [7, 11) is -5.46. The molecular weight excluding hydrogens is 512 g/mol. The predicted molar refractivity (Wildman–Crippen MR) is 116 cm³/mol. The summed E-state index contributed by atoms with van der Waals surface area (Å²) in [6.07, 6.45) is 0. The topological polar surface area (TPSA) is 51.2 Å². The Morgan fingerprint density at radius 3 is 2.07 bits per heavy atom. The molecule has 3 rings (SSSR count). The monoisotopic (exact) mass is 524 g/mol. The van der Waals surface area contributed by atoms with Crippen LogP contribution in [0.3, 0.4) is 0 Å². The Balaban J connectivity index is 2.16. The molecule has 1 atom stereocenters. The van der Waals surface area contributed by atoms with E-state index in [2.05, 4.69) is 31.9 Å². The van der Waals surface area contributed by atoms with Crippen LogP contribution in [0.2, 0.25) is 0 Å². The van der Waals surface area contributed by atoms with Crippen molar-refractivity contribution in [3.8, 4) is 0 Å². The van der Waals surface area contributed by atoms with Gasteiger partial charge in [-0.15, -0.1) is 0 Å². The van der Waals surface area contributed by atoms with Gasteiger partial charge in [-0.2, -0.15) is 0 Å². The molecule has 0 radical (unpaired) electrons. The predicted octanol–water partition coefficient (Wildman–Crippen LogP) is 5.79. The second-order valence-electron chi connectivity index (χ2n) is 5.58. The molecule has 0 bridgehead atoms. The van der Waals surface area contributed by atoms with Gasteiger partial charge in [-0.05, 0) is 42.0 Å². The average molecular weight is 526 g/mol. The first-order valence-electron chi connectivity index (χ1n) is 7.82. The van der Waals surface area contributed by atoms with Crippen molar-refractivity contribution >= 4 is 57.4 Å². The molecule has 0 spiro atoms. The molecule has 27 heavy (non-hydrogen) atoms. The lowest BCUT2D eigenvalue weighted by Crippen LogP contribution is -2.02. The molecule has 0 fully saturated rings. The third-order valence-corrected chi connectivity index (χ3v) is 7.68. The first-order valence-corrected chi connectivity index (χ1v) is 12.1. The van der Waals surface area contributed by atoms with Crippen LogP contribution in [-0.2, 0) is 20.6 Å². The van der Waals surface area contributed by atoms with E-state index in [0.717, 1.165) is 9.88 Å². The smallest absolute Gasteiger partial charge is 0.201 e. The van der Waals surface area contributed by atoms with Gasteiger partial charge < -0.3 is 0 Å². The highest BCUT2D eigenvalue weighted by Gasteiger charge is 2.19. The van der Waals surface area contributed by atoms with Gasteiger partial charge >= 0.3 is 0 Å². The summed E-state index contributed by atoms with van der Waals surface area (Å²) in [5.74, 6) is 0. The van der Waals surface area contributed by atoms with Crippen LogP contribution in [0.5, 0.6) is 0 Å². The SMILES string of the molecule is O=S(/C(=C/S(=O)(=O)c1cccc(Br)c1)c1ccccc1)c1cccc(Br)c1. The van der Waals surface area contributed by atoms with Crippen molar-refractivity contribution in [1.82, 2.24) is 0 Å². The molecule has 0 aromatic heterocycles. The second-order valence-corrected chi connectivity index (χ2v) is 10.7. The normalized spacial score (nSPS) is 13.3. The van der Waals surface area contributed by atoms with Crippen LogP contribution in [0.4, 0.5) is 0 Å². The largest absolute Gasteiger partial charge is 0.249 e. The van der Waals surface area contributed by atoms with E-state index >= 15 is 0 Å². The van der Waals surface area contributed by atoms with Crippen LogP contribution in [0.1, 0.15) is 5.56 Å². The number of halogens is 2. The molecule has 3 aromatic carbocycles. The van der Waals surface area contributed by atoms with Crippen LogP contribution < -0.4 is 0 Å². The van der Waals surface area contributed by atoms with Crippen molar-refractivity contribution in [3.05, 3.63) is 98.8 Å². The standard InChI is InChI=1S/C20H14Br2O3S2/c21-16-8-4-10-18(12-16)26(23)20(15-6-2-1-3-7-15)14-27(24,25)19-11-5-9-17(22)13-19/h1-14H/b20-14+. The minimum Gasteiger partial charge on any atom is -0.249 e. The Kier molecular flexibility index (Phi) is 6.47. The Labute approximate surface area is 177 Å². The summed E-state index contributed by atoms with van der Waals surface area (Å²) < 4.78 is 40.5. The van der Waals surface area contributed by atoms with Crippen LogP contribution in [0, 0.1) is 0 Å². The third kappa shape index (κ3) is 5.04. The van der Waals surface area contributed by atoms with Crippen molar-refractivity contribution in [3.63, 3.8) is 0 Å². The van der Waals surface area contributed by atoms with Gasteiger partial charge in [0, 0.05) is 13.8 Å². The summed E-state index contributed by atoms with van der Waals surface area (Å²) in [6.45, 7) is 0. The van der Waals surface area contributed by atoms with Crippen LogP contribution >= 0.6 is 31.9 Å². The zero-order valence-corrected chi connectivity index (χ0v) is 18.7. The van der Waals surface area contributed by atoms with Crippen LogP contribution in [-0.4, -0.2) is 12.6 Å². The highest BCUT2D eigenvalue weighted by atomic mass is 79.9. The zero-order chi connectivity index (χ0) is 19.4. The van der Waals surface area contributed by atoms with Crippen LogP contribution in [0.15, 0.2) is 103 Å². The number of hydrogen-bond donors (Lipinski definition) is 0. The fraction of sp³-hybridized carbons (Fsp3) is 0. The molecule has 0 amide bonds. The zero-order valence-electron chi connectivity index (χ0n) is 13.9. The summed E-state index contributed by atoms with van der Waals surface area (Å²) >= 11 is 6.65. The lowest BCUT2D eigenvalue weighted by molar-refractivity contribution is 0.604. The van der Waals surface area contributed by atoms with Gasteiger partial charge in [0.05, 0.1) is 26.0 Å². The Hall–Kier alpha value is -1.54. The maximum atomic E-state index is 13.2. The van der Waals surface area contributed by atoms with Crippen molar-refractivity contribution in [2.75, 3.05) is 0 Å². The molecule has 7 heteroatoms. The molecule has 3 aromatic rings. The fourth-order valence-corrected chi connectivity index (χ4v) is 6.37. The first kappa shape index (κ1) is 20.2.